The van der Waals surface area contributed by atoms with Crippen molar-refractivity contribution in [2.75, 3.05) is 7.11 Å². The summed E-state index contributed by atoms with van der Waals surface area (Å²) in [5, 5.41) is 8.22. The summed E-state index contributed by atoms with van der Waals surface area (Å²) < 4.78 is 0. The number of nitrogens with zero attached hydrogens (tertiary/aromatic N) is 1. The van der Waals surface area contributed by atoms with Gasteiger partial charge in [-0.3, -0.25) is 4.98 Å². The highest BCUT2D eigenvalue weighted by Gasteiger charge is 1.90. The number of aliphatic hydroxyl groups is 1. The van der Waals surface area contributed by atoms with Gasteiger partial charge in [0.1, 0.15) is 0 Å². The molecule has 0 radical (unpaired) electrons. The first-order valence-corrected chi connectivity index (χ1v) is 4.12. The van der Waals surface area contributed by atoms with Crippen LogP contribution in [0.1, 0.15) is 5.56 Å². The number of aromatic nitrogens is 1. The molecule has 0 saturated heterocycles. The number of pyridine rings is 1. The molecule has 0 aliphatic carbocycles. The molecule has 0 saturated carbocycles. The minimum atomic E-state index is 1.00. The van der Waals surface area contributed by atoms with Gasteiger partial charge in [-0.1, -0.05) is 18.2 Å². The summed E-state index contributed by atoms with van der Waals surface area (Å²) in [6.45, 7) is 2.06. The zero-order valence-electron chi connectivity index (χ0n) is 7.86. The van der Waals surface area contributed by atoms with E-state index in [4.69, 9.17) is 5.11 Å². The van der Waals surface area contributed by atoms with Gasteiger partial charge >= 0.3 is 0 Å². The lowest BCUT2D eigenvalue weighted by Crippen LogP contribution is -1.78. The monoisotopic (exact) mass is 175 g/mol. The highest BCUT2D eigenvalue weighted by molar-refractivity contribution is 5.78. The van der Waals surface area contributed by atoms with E-state index in [1.807, 2.05) is 24.4 Å². The molecular weight excluding hydrogens is 162 g/mol. The average molecular weight is 175 g/mol. The Labute approximate surface area is 77.9 Å². The van der Waals surface area contributed by atoms with E-state index in [1.54, 1.807) is 0 Å². The second kappa shape index (κ2) is 4.58. The summed E-state index contributed by atoms with van der Waals surface area (Å²) >= 11 is 0. The van der Waals surface area contributed by atoms with Crippen molar-refractivity contribution in [2.24, 2.45) is 0 Å². The fraction of sp³-hybridized carbons (Fsp3) is 0.182. The molecule has 1 N–H and O–H groups in total. The normalized spacial score (nSPS) is 9.15. The SMILES string of the molecule is CO.Cc1cnc2ccccc2c1. The van der Waals surface area contributed by atoms with Gasteiger partial charge in [0.25, 0.3) is 0 Å². The van der Waals surface area contributed by atoms with Crippen molar-refractivity contribution in [3.63, 3.8) is 0 Å². The molecule has 68 valence electrons. The number of aryl methyl sites for hydroxylation is 1. The van der Waals surface area contributed by atoms with Crippen molar-refractivity contribution in [3.05, 3.63) is 42.1 Å². The van der Waals surface area contributed by atoms with Crippen LogP contribution in [-0.2, 0) is 0 Å². The second-order valence-electron chi connectivity index (χ2n) is 2.71. The van der Waals surface area contributed by atoms with E-state index in [9.17, 15) is 0 Å². The Balaban J connectivity index is 0.000000396. The van der Waals surface area contributed by atoms with Crippen LogP contribution in [0, 0.1) is 6.92 Å². The largest absolute Gasteiger partial charge is 0.400 e. The van der Waals surface area contributed by atoms with Crippen molar-refractivity contribution in [3.8, 4) is 0 Å². The summed E-state index contributed by atoms with van der Waals surface area (Å²) in [4.78, 5) is 4.28. The molecule has 0 fully saturated rings. The molecule has 1 aromatic heterocycles. The first-order valence-electron chi connectivity index (χ1n) is 4.12. The van der Waals surface area contributed by atoms with Gasteiger partial charge in [-0.05, 0) is 24.6 Å². The van der Waals surface area contributed by atoms with Crippen molar-refractivity contribution in [2.45, 2.75) is 6.92 Å². The molecule has 13 heavy (non-hydrogen) atoms. The number of para-hydroxylation sites is 1. The number of hydrogen-bond donors (Lipinski definition) is 1. The van der Waals surface area contributed by atoms with Crippen molar-refractivity contribution >= 4 is 10.9 Å². The van der Waals surface area contributed by atoms with Gasteiger partial charge in [0.15, 0.2) is 0 Å². The third-order valence-electron chi connectivity index (χ3n) is 1.73. The van der Waals surface area contributed by atoms with Crippen LogP contribution >= 0.6 is 0 Å². The topological polar surface area (TPSA) is 33.1 Å². The Morgan fingerprint density at radius 3 is 2.62 bits per heavy atom. The Morgan fingerprint density at radius 2 is 1.85 bits per heavy atom. The maximum absolute atomic E-state index is 7.00. The molecule has 0 aliphatic rings. The summed E-state index contributed by atoms with van der Waals surface area (Å²) in [5.41, 5.74) is 2.28. The summed E-state index contributed by atoms with van der Waals surface area (Å²) in [6.07, 6.45) is 1.89. The van der Waals surface area contributed by atoms with Crippen molar-refractivity contribution in [1.29, 1.82) is 0 Å². The Bertz CT molecular complexity index is 385. The molecule has 0 unspecified atom stereocenters. The van der Waals surface area contributed by atoms with Crippen LogP contribution in [0.5, 0.6) is 0 Å². The zero-order chi connectivity index (χ0) is 9.68. The first kappa shape index (κ1) is 9.68. The van der Waals surface area contributed by atoms with E-state index in [1.165, 1.54) is 10.9 Å². The molecule has 0 aliphatic heterocycles. The van der Waals surface area contributed by atoms with Crippen LogP contribution < -0.4 is 0 Å². The smallest absolute Gasteiger partial charge is 0.0702 e. The lowest BCUT2D eigenvalue weighted by atomic mass is 10.2. The number of fused-ring (bicyclic) bond motifs is 1. The third-order valence-corrected chi connectivity index (χ3v) is 1.73. The summed E-state index contributed by atoms with van der Waals surface area (Å²) in [7, 11) is 1.00. The van der Waals surface area contributed by atoms with Gasteiger partial charge in [-0.2, -0.15) is 0 Å². The second-order valence-corrected chi connectivity index (χ2v) is 2.71. The van der Waals surface area contributed by atoms with Gasteiger partial charge in [-0.15, -0.1) is 0 Å². The van der Waals surface area contributed by atoms with Gasteiger partial charge in [0, 0.05) is 18.7 Å². The fourth-order valence-electron chi connectivity index (χ4n) is 1.18. The van der Waals surface area contributed by atoms with Gasteiger partial charge in [-0.25, -0.2) is 0 Å². The van der Waals surface area contributed by atoms with Crippen LogP contribution in [0.2, 0.25) is 0 Å². The van der Waals surface area contributed by atoms with Crippen molar-refractivity contribution < 1.29 is 5.11 Å². The predicted molar refractivity (Wildman–Crippen MR) is 54.6 cm³/mol. The van der Waals surface area contributed by atoms with Crippen LogP contribution in [-0.4, -0.2) is 17.2 Å². The number of hydrogen-bond acceptors (Lipinski definition) is 2. The molecule has 0 spiro atoms. The zero-order valence-corrected chi connectivity index (χ0v) is 7.86. The summed E-state index contributed by atoms with van der Waals surface area (Å²) in [6, 6.07) is 10.3. The van der Waals surface area contributed by atoms with Crippen LogP contribution in [0.4, 0.5) is 0 Å². The van der Waals surface area contributed by atoms with Gasteiger partial charge in [0.05, 0.1) is 5.52 Å². The fourth-order valence-corrected chi connectivity index (χ4v) is 1.18. The molecular formula is C11H13NO. The Hall–Kier alpha value is -1.41. The maximum atomic E-state index is 7.00. The third kappa shape index (κ3) is 2.26. The minimum Gasteiger partial charge on any atom is -0.400 e. The quantitative estimate of drug-likeness (QED) is 0.665. The van der Waals surface area contributed by atoms with Crippen molar-refractivity contribution in [1.82, 2.24) is 4.98 Å². The molecule has 0 amide bonds. The first-order chi connectivity index (χ1) is 6.36. The van der Waals surface area contributed by atoms with E-state index < -0.39 is 0 Å². The van der Waals surface area contributed by atoms with E-state index in [-0.39, 0.29) is 0 Å². The molecule has 2 nitrogen and oxygen atoms in total. The minimum absolute atomic E-state index is 1.00. The molecule has 2 heteroatoms. The molecule has 2 rings (SSSR count). The highest BCUT2D eigenvalue weighted by Crippen LogP contribution is 2.11. The average Bonchev–Trinajstić information content (AvgIpc) is 2.21. The van der Waals surface area contributed by atoms with E-state index >= 15 is 0 Å². The van der Waals surface area contributed by atoms with E-state index in [2.05, 4.69) is 24.0 Å². The van der Waals surface area contributed by atoms with Crippen LogP contribution in [0.15, 0.2) is 36.5 Å². The molecule has 1 heterocycles. The van der Waals surface area contributed by atoms with Crippen LogP contribution in [0.3, 0.4) is 0 Å². The number of rotatable bonds is 0. The van der Waals surface area contributed by atoms with E-state index in [0.29, 0.717) is 0 Å². The molecule has 1 aromatic carbocycles. The summed E-state index contributed by atoms with van der Waals surface area (Å²) in [5.74, 6) is 0. The highest BCUT2D eigenvalue weighted by atomic mass is 16.2. The number of benzene rings is 1. The molecule has 0 atom stereocenters. The standard InChI is InChI=1S/C10H9N.CH4O/c1-8-6-9-4-2-3-5-10(9)11-7-8;1-2/h2-7H,1H3;2H,1H3. The lowest BCUT2D eigenvalue weighted by molar-refractivity contribution is 0.399. The van der Waals surface area contributed by atoms with E-state index in [0.717, 1.165) is 12.6 Å². The Kier molecular flexibility index (Phi) is 3.41. The van der Waals surface area contributed by atoms with Gasteiger partial charge in [0.2, 0.25) is 0 Å². The van der Waals surface area contributed by atoms with Gasteiger partial charge < -0.3 is 5.11 Å². The van der Waals surface area contributed by atoms with Crippen LogP contribution in [0.25, 0.3) is 10.9 Å². The molecule has 0 bridgehead atoms. The molecule has 2 aromatic rings. The Morgan fingerprint density at radius 1 is 1.15 bits per heavy atom. The predicted octanol–water partition coefficient (Wildman–Crippen LogP) is 2.15. The maximum Gasteiger partial charge on any atom is 0.0702 e. The lowest BCUT2D eigenvalue weighted by Gasteiger charge is -1.95. The number of aliphatic hydroxyl groups excluding tert-OH is 1.